The van der Waals surface area contributed by atoms with Gasteiger partial charge in [0, 0.05) is 18.5 Å². The second-order valence-corrected chi connectivity index (χ2v) is 5.81. The summed E-state index contributed by atoms with van der Waals surface area (Å²) in [5.74, 6) is -1.94. The second kappa shape index (κ2) is 7.41. The van der Waals surface area contributed by atoms with E-state index in [2.05, 4.69) is 5.32 Å². The van der Waals surface area contributed by atoms with Gasteiger partial charge in [0.2, 0.25) is 5.91 Å². The number of hydrogen-bond acceptors (Lipinski definition) is 4. The van der Waals surface area contributed by atoms with Gasteiger partial charge in [0.25, 0.3) is 5.91 Å². The van der Waals surface area contributed by atoms with E-state index < -0.39 is 17.7 Å². The van der Waals surface area contributed by atoms with Crippen LogP contribution in [0.5, 0.6) is 0 Å². The molecule has 138 valence electrons. The topological polar surface area (TPSA) is 77.4 Å². The summed E-state index contributed by atoms with van der Waals surface area (Å²) in [5, 5.41) is 3.10. The molecule has 0 aliphatic rings. The van der Waals surface area contributed by atoms with Crippen molar-refractivity contribution < 1.29 is 23.5 Å². The van der Waals surface area contributed by atoms with E-state index >= 15 is 0 Å². The number of nitrogens with zero attached hydrogens (tertiary/aromatic N) is 1. The van der Waals surface area contributed by atoms with Crippen LogP contribution in [0.1, 0.15) is 39.4 Å². The number of fused-ring (bicyclic) bond motifs is 1. The van der Waals surface area contributed by atoms with Gasteiger partial charge in [0.1, 0.15) is 5.82 Å². The Morgan fingerprint density at radius 2 is 1.85 bits per heavy atom. The molecule has 0 atom stereocenters. The summed E-state index contributed by atoms with van der Waals surface area (Å²) in [7, 11) is 0. The number of para-hydroxylation sites is 1. The van der Waals surface area contributed by atoms with Gasteiger partial charge >= 0.3 is 5.97 Å². The molecule has 0 aliphatic heterocycles. The van der Waals surface area contributed by atoms with Gasteiger partial charge in [-0.25, -0.2) is 9.18 Å². The Labute approximate surface area is 154 Å². The van der Waals surface area contributed by atoms with Gasteiger partial charge in [-0.05, 0) is 37.3 Å². The molecule has 0 aliphatic carbocycles. The first-order valence-electron chi connectivity index (χ1n) is 8.31. The molecule has 0 unspecified atom stereocenters. The minimum atomic E-state index is -0.554. The fraction of sp³-hybridized carbons (Fsp3) is 0.150. The zero-order chi connectivity index (χ0) is 19.6. The molecule has 0 spiro atoms. The molecule has 1 amide bonds. The van der Waals surface area contributed by atoms with Crippen LogP contribution in [0.15, 0.2) is 48.7 Å². The highest BCUT2D eigenvalue weighted by molar-refractivity contribution is 6.15. The summed E-state index contributed by atoms with van der Waals surface area (Å²) in [6.07, 6.45) is 1.36. The highest BCUT2D eigenvalue weighted by Crippen LogP contribution is 2.25. The molecular weight excluding hydrogens is 351 g/mol. The largest absolute Gasteiger partial charge is 0.462 e. The molecule has 2 aromatic carbocycles. The number of esters is 1. The summed E-state index contributed by atoms with van der Waals surface area (Å²) in [6, 6.07) is 10.3. The van der Waals surface area contributed by atoms with E-state index in [0.717, 1.165) is 0 Å². The third kappa shape index (κ3) is 3.57. The van der Waals surface area contributed by atoms with Gasteiger partial charge in [-0.15, -0.1) is 0 Å². The monoisotopic (exact) mass is 368 g/mol. The van der Waals surface area contributed by atoms with Gasteiger partial charge in [-0.1, -0.05) is 12.1 Å². The molecular formula is C20H17FN2O4. The van der Waals surface area contributed by atoms with Crippen LogP contribution in [-0.4, -0.2) is 29.0 Å². The Bertz CT molecular complexity index is 1060. The number of carbonyl (C=O) groups is 3. The van der Waals surface area contributed by atoms with Gasteiger partial charge in [0.05, 0.1) is 28.9 Å². The molecule has 0 saturated carbocycles. The molecule has 3 rings (SSSR count). The SMILES string of the molecule is CCOC(=O)c1ccccc1NC(=O)c1cn(C(C)=O)c2cc(F)ccc12. The van der Waals surface area contributed by atoms with E-state index in [1.54, 1.807) is 31.2 Å². The maximum absolute atomic E-state index is 13.6. The first-order valence-corrected chi connectivity index (χ1v) is 8.31. The quantitative estimate of drug-likeness (QED) is 0.709. The minimum Gasteiger partial charge on any atom is -0.462 e. The van der Waals surface area contributed by atoms with Crippen LogP contribution >= 0.6 is 0 Å². The fourth-order valence-corrected chi connectivity index (χ4v) is 2.81. The van der Waals surface area contributed by atoms with Crippen molar-refractivity contribution in [1.82, 2.24) is 4.57 Å². The Hall–Kier alpha value is -3.48. The van der Waals surface area contributed by atoms with E-state index in [1.165, 1.54) is 35.9 Å². The highest BCUT2D eigenvalue weighted by Gasteiger charge is 2.20. The number of nitrogens with one attached hydrogen (secondary N) is 1. The molecule has 3 aromatic rings. The Kier molecular flexibility index (Phi) is 5.03. The van der Waals surface area contributed by atoms with E-state index in [0.29, 0.717) is 10.9 Å². The van der Waals surface area contributed by atoms with Crippen LogP contribution in [0.25, 0.3) is 10.9 Å². The second-order valence-electron chi connectivity index (χ2n) is 5.81. The lowest BCUT2D eigenvalue weighted by atomic mass is 10.1. The predicted molar refractivity (Wildman–Crippen MR) is 98.5 cm³/mol. The molecule has 0 fully saturated rings. The molecule has 6 nitrogen and oxygen atoms in total. The fourth-order valence-electron chi connectivity index (χ4n) is 2.81. The maximum atomic E-state index is 13.6. The van der Waals surface area contributed by atoms with E-state index in [-0.39, 0.29) is 29.3 Å². The first-order chi connectivity index (χ1) is 12.9. The minimum absolute atomic E-state index is 0.193. The van der Waals surface area contributed by atoms with Crippen LogP contribution in [0.2, 0.25) is 0 Å². The van der Waals surface area contributed by atoms with Crippen molar-refractivity contribution in [2.45, 2.75) is 13.8 Å². The first kappa shape index (κ1) is 18.3. The molecule has 1 N–H and O–H groups in total. The summed E-state index contributed by atoms with van der Waals surface area (Å²) < 4.78 is 19.8. The average Bonchev–Trinajstić information content (AvgIpc) is 3.01. The van der Waals surface area contributed by atoms with E-state index in [9.17, 15) is 18.8 Å². The summed E-state index contributed by atoms with van der Waals surface area (Å²) in [4.78, 5) is 36.7. The number of hydrogen-bond donors (Lipinski definition) is 1. The number of aromatic nitrogens is 1. The normalized spacial score (nSPS) is 10.6. The van der Waals surface area contributed by atoms with Crippen LogP contribution in [0.3, 0.4) is 0 Å². The van der Waals surface area contributed by atoms with Crippen LogP contribution in [0, 0.1) is 5.82 Å². The number of ether oxygens (including phenoxy) is 1. The predicted octanol–water partition coefficient (Wildman–Crippen LogP) is 3.87. The third-order valence-corrected chi connectivity index (χ3v) is 4.02. The standard InChI is InChI=1S/C20H17FN2O4/c1-3-27-20(26)15-6-4-5-7-17(15)22-19(25)16-11-23(12(2)24)18-10-13(21)8-9-14(16)18/h4-11H,3H2,1-2H3,(H,22,25). The van der Waals surface area contributed by atoms with Crippen molar-refractivity contribution in [3.8, 4) is 0 Å². The number of benzene rings is 2. The van der Waals surface area contributed by atoms with E-state index in [4.69, 9.17) is 4.74 Å². The van der Waals surface area contributed by atoms with Gasteiger partial charge in [0.15, 0.2) is 0 Å². The van der Waals surface area contributed by atoms with Crippen molar-refractivity contribution in [1.29, 1.82) is 0 Å². The molecule has 0 saturated heterocycles. The Morgan fingerprint density at radius 1 is 1.11 bits per heavy atom. The number of carbonyl (C=O) groups excluding carboxylic acids is 3. The van der Waals surface area contributed by atoms with Crippen molar-refractivity contribution in [2.24, 2.45) is 0 Å². The molecule has 0 radical (unpaired) electrons. The molecule has 27 heavy (non-hydrogen) atoms. The highest BCUT2D eigenvalue weighted by atomic mass is 19.1. The van der Waals surface area contributed by atoms with Crippen molar-refractivity contribution in [3.05, 3.63) is 65.6 Å². The van der Waals surface area contributed by atoms with Crippen LogP contribution in [0.4, 0.5) is 10.1 Å². The summed E-state index contributed by atoms with van der Waals surface area (Å²) in [6.45, 7) is 3.22. The lowest BCUT2D eigenvalue weighted by Crippen LogP contribution is -2.16. The van der Waals surface area contributed by atoms with Crippen molar-refractivity contribution >= 4 is 34.4 Å². The summed E-state index contributed by atoms with van der Waals surface area (Å²) in [5.41, 5.74) is 0.992. The number of rotatable bonds is 4. The van der Waals surface area contributed by atoms with Gasteiger partial charge in [-0.3, -0.25) is 14.2 Å². The molecule has 1 heterocycles. The average molecular weight is 368 g/mol. The molecule has 0 bridgehead atoms. The maximum Gasteiger partial charge on any atom is 0.340 e. The number of halogens is 1. The third-order valence-electron chi connectivity index (χ3n) is 4.02. The Morgan fingerprint density at radius 3 is 2.56 bits per heavy atom. The lowest BCUT2D eigenvalue weighted by molar-refractivity contribution is 0.0527. The summed E-state index contributed by atoms with van der Waals surface area (Å²) >= 11 is 0. The zero-order valence-corrected chi connectivity index (χ0v) is 14.8. The molecule has 7 heteroatoms. The van der Waals surface area contributed by atoms with Crippen LogP contribution in [-0.2, 0) is 4.74 Å². The van der Waals surface area contributed by atoms with Gasteiger partial charge < -0.3 is 10.1 Å². The zero-order valence-electron chi connectivity index (χ0n) is 14.8. The van der Waals surface area contributed by atoms with Crippen molar-refractivity contribution in [3.63, 3.8) is 0 Å². The van der Waals surface area contributed by atoms with Crippen molar-refractivity contribution in [2.75, 3.05) is 11.9 Å². The molecule has 1 aromatic heterocycles. The number of amides is 1. The van der Waals surface area contributed by atoms with E-state index in [1.807, 2.05) is 0 Å². The smallest absolute Gasteiger partial charge is 0.340 e. The van der Waals surface area contributed by atoms with Crippen LogP contribution < -0.4 is 5.32 Å². The Balaban J connectivity index is 2.01. The number of anilines is 1. The lowest BCUT2D eigenvalue weighted by Gasteiger charge is -2.10. The van der Waals surface area contributed by atoms with Gasteiger partial charge in [-0.2, -0.15) is 0 Å².